The molecule has 4 rings (SSSR count). The number of hydrogen-bond donors (Lipinski definition) is 2. The molecule has 0 radical (unpaired) electrons. The molecule has 0 saturated carbocycles. The van der Waals surface area contributed by atoms with E-state index in [0.29, 0.717) is 29.7 Å². The minimum absolute atomic E-state index is 0.00614. The van der Waals surface area contributed by atoms with Gasteiger partial charge in [-0.3, -0.25) is 14.5 Å². The number of esters is 1. The smallest absolute Gasteiger partial charge is 0.410 e. The highest BCUT2D eigenvalue weighted by Gasteiger charge is 2.46. The number of hydrogen-bond acceptors (Lipinski definition) is 10. The lowest BCUT2D eigenvalue weighted by atomic mass is 9.85. The maximum Gasteiger partial charge on any atom is 0.410 e. The normalized spacial score (nSPS) is 17.2. The Morgan fingerprint density at radius 3 is 2.10 bits per heavy atom. The van der Waals surface area contributed by atoms with Crippen molar-refractivity contribution in [3.8, 4) is 17.2 Å². The summed E-state index contributed by atoms with van der Waals surface area (Å²) >= 11 is 0. The molecule has 1 fully saturated rings. The van der Waals surface area contributed by atoms with Gasteiger partial charge in [0, 0.05) is 32.2 Å². The standard InChI is InChI=1S/C37H43FN2O11/c1-6-22-18-25(19-23(7-2)33(22)50-21-47-4)34(42)39-31-26(32(41)29-27(49-20-46-3)15-16-28(48-5)30(29)38)14-11-17-40(37(44)45)35(31)51-36(43)24-12-9-8-10-13-24/h8-10,12-13,15-16,18-19,26,31,35H,6-7,11,14,17,20-21H2,1-5H3,(H,39,42)(H,44,45)/t26-,31-,35?/m1/s1. The SMILES string of the molecule is CCc1cc(C(=O)N[C@H]2C(OC(=O)c3ccccc3)N(C(=O)O)CCC[C@H]2C(=O)c2c(OCOC)ccc(OC)c2F)cc(CC)c1OCOC. The van der Waals surface area contributed by atoms with Gasteiger partial charge in [0.25, 0.3) is 5.91 Å². The average molecular weight is 711 g/mol. The minimum atomic E-state index is -1.70. The van der Waals surface area contributed by atoms with E-state index in [1.165, 1.54) is 45.6 Å². The second-order valence-electron chi connectivity index (χ2n) is 11.6. The summed E-state index contributed by atoms with van der Waals surface area (Å²) in [6, 6.07) is 12.3. The zero-order valence-electron chi connectivity index (χ0n) is 29.2. The molecule has 1 heterocycles. The van der Waals surface area contributed by atoms with E-state index in [0.717, 1.165) is 4.90 Å². The lowest BCUT2D eigenvalue weighted by Gasteiger charge is -2.35. The van der Waals surface area contributed by atoms with E-state index in [-0.39, 0.29) is 55.6 Å². The first-order chi connectivity index (χ1) is 24.6. The average Bonchev–Trinajstić information content (AvgIpc) is 3.31. The van der Waals surface area contributed by atoms with Gasteiger partial charge in [-0.15, -0.1) is 0 Å². The first kappa shape index (κ1) is 38.6. The number of carboxylic acid groups (broad SMARTS) is 1. The van der Waals surface area contributed by atoms with Gasteiger partial charge in [-0.05, 0) is 73.2 Å². The first-order valence-corrected chi connectivity index (χ1v) is 16.5. The Kier molecular flexibility index (Phi) is 13.7. The second kappa shape index (κ2) is 18.2. The van der Waals surface area contributed by atoms with Crippen molar-refractivity contribution in [2.24, 2.45) is 5.92 Å². The van der Waals surface area contributed by atoms with Crippen LogP contribution in [0, 0.1) is 11.7 Å². The molecule has 0 bridgehead atoms. The van der Waals surface area contributed by atoms with E-state index in [9.17, 15) is 24.3 Å². The molecule has 274 valence electrons. The third-order valence-electron chi connectivity index (χ3n) is 8.53. The van der Waals surface area contributed by atoms with Crippen molar-refractivity contribution in [3.05, 3.63) is 88.2 Å². The number of methoxy groups -OCH3 is 3. The molecule has 3 aromatic rings. The molecular weight excluding hydrogens is 667 g/mol. The van der Waals surface area contributed by atoms with E-state index < -0.39 is 53.3 Å². The van der Waals surface area contributed by atoms with Crippen molar-refractivity contribution in [2.45, 2.75) is 51.8 Å². The number of likely N-dealkylation sites (tertiary alicyclic amines) is 1. The fraction of sp³-hybridized carbons (Fsp3) is 0.405. The van der Waals surface area contributed by atoms with Crippen LogP contribution in [0.3, 0.4) is 0 Å². The second-order valence-corrected chi connectivity index (χ2v) is 11.6. The Balaban J connectivity index is 1.87. The summed E-state index contributed by atoms with van der Waals surface area (Å²) in [5.74, 6) is -4.57. The number of aryl methyl sites for hydroxylation is 2. The topological polar surface area (TPSA) is 159 Å². The van der Waals surface area contributed by atoms with Crippen LogP contribution in [-0.2, 0) is 27.1 Å². The summed E-state index contributed by atoms with van der Waals surface area (Å²) < 4.78 is 48.4. The third-order valence-corrected chi connectivity index (χ3v) is 8.53. The molecule has 1 aliphatic rings. The van der Waals surface area contributed by atoms with Gasteiger partial charge in [0.05, 0.1) is 24.3 Å². The van der Waals surface area contributed by atoms with Crippen LogP contribution in [-0.4, -0.2) is 87.5 Å². The van der Waals surface area contributed by atoms with Gasteiger partial charge in [-0.25, -0.2) is 14.0 Å². The number of ketones is 1. The quantitative estimate of drug-likeness (QED) is 0.117. The Morgan fingerprint density at radius 2 is 1.51 bits per heavy atom. The molecular formula is C37H43FN2O11. The maximum absolute atomic E-state index is 16.0. The van der Waals surface area contributed by atoms with Crippen LogP contribution in [0.15, 0.2) is 54.6 Å². The molecule has 3 aromatic carbocycles. The lowest BCUT2D eigenvalue weighted by molar-refractivity contribution is -0.0416. The summed E-state index contributed by atoms with van der Waals surface area (Å²) in [6.07, 6.45) is -2.06. The molecule has 14 heteroatoms. The highest BCUT2D eigenvalue weighted by Crippen LogP contribution is 2.36. The van der Waals surface area contributed by atoms with Crippen LogP contribution in [0.25, 0.3) is 0 Å². The fourth-order valence-electron chi connectivity index (χ4n) is 6.04. The minimum Gasteiger partial charge on any atom is -0.494 e. The highest BCUT2D eigenvalue weighted by atomic mass is 19.1. The van der Waals surface area contributed by atoms with Gasteiger partial charge in [-0.1, -0.05) is 32.0 Å². The van der Waals surface area contributed by atoms with Gasteiger partial charge in [-0.2, -0.15) is 0 Å². The Bertz CT molecular complexity index is 1680. The van der Waals surface area contributed by atoms with Crippen molar-refractivity contribution in [3.63, 3.8) is 0 Å². The van der Waals surface area contributed by atoms with Crippen LogP contribution in [0.4, 0.5) is 9.18 Å². The van der Waals surface area contributed by atoms with Gasteiger partial charge in [0.15, 0.2) is 30.9 Å². The first-order valence-electron chi connectivity index (χ1n) is 16.5. The predicted molar refractivity (Wildman–Crippen MR) is 182 cm³/mol. The van der Waals surface area contributed by atoms with Gasteiger partial charge < -0.3 is 38.8 Å². The molecule has 2 amide bonds. The highest BCUT2D eigenvalue weighted by molar-refractivity contribution is 6.02. The number of amides is 2. The van der Waals surface area contributed by atoms with E-state index in [1.807, 2.05) is 13.8 Å². The lowest BCUT2D eigenvalue weighted by Crippen LogP contribution is -2.58. The monoisotopic (exact) mass is 710 g/mol. The van der Waals surface area contributed by atoms with Crippen molar-refractivity contribution in [2.75, 3.05) is 41.5 Å². The number of Topliss-reactive ketones (excluding diaryl/α,β-unsaturated/α-hetero) is 1. The number of halogens is 1. The van der Waals surface area contributed by atoms with Crippen molar-refractivity contribution in [1.82, 2.24) is 10.2 Å². The largest absolute Gasteiger partial charge is 0.494 e. The van der Waals surface area contributed by atoms with E-state index in [2.05, 4.69) is 5.32 Å². The van der Waals surface area contributed by atoms with Crippen molar-refractivity contribution < 1.29 is 57.1 Å². The third kappa shape index (κ3) is 8.94. The van der Waals surface area contributed by atoms with Crippen LogP contribution < -0.4 is 19.5 Å². The zero-order chi connectivity index (χ0) is 37.1. The van der Waals surface area contributed by atoms with Crippen LogP contribution >= 0.6 is 0 Å². The molecule has 13 nitrogen and oxygen atoms in total. The molecule has 1 aliphatic heterocycles. The Hall–Kier alpha value is -5.21. The summed E-state index contributed by atoms with van der Waals surface area (Å²) in [5, 5.41) is 13.1. The summed E-state index contributed by atoms with van der Waals surface area (Å²) in [7, 11) is 4.09. The molecule has 1 saturated heterocycles. The van der Waals surface area contributed by atoms with Crippen molar-refractivity contribution in [1.29, 1.82) is 0 Å². The molecule has 0 aliphatic carbocycles. The predicted octanol–water partition coefficient (Wildman–Crippen LogP) is 5.48. The zero-order valence-corrected chi connectivity index (χ0v) is 29.2. The number of nitrogens with one attached hydrogen (secondary N) is 1. The summed E-state index contributed by atoms with van der Waals surface area (Å²) in [6.45, 7) is 3.31. The van der Waals surface area contributed by atoms with Gasteiger partial charge in [0.1, 0.15) is 11.5 Å². The van der Waals surface area contributed by atoms with Gasteiger partial charge >= 0.3 is 12.1 Å². The van der Waals surface area contributed by atoms with E-state index in [1.54, 1.807) is 30.3 Å². The number of ether oxygens (including phenoxy) is 6. The Morgan fingerprint density at radius 1 is 0.882 bits per heavy atom. The summed E-state index contributed by atoms with van der Waals surface area (Å²) in [5.41, 5.74) is 1.23. The van der Waals surface area contributed by atoms with Crippen LogP contribution in [0.5, 0.6) is 17.2 Å². The summed E-state index contributed by atoms with van der Waals surface area (Å²) in [4.78, 5) is 55.8. The number of rotatable bonds is 15. The van der Waals surface area contributed by atoms with Crippen molar-refractivity contribution >= 4 is 23.8 Å². The van der Waals surface area contributed by atoms with Crippen LogP contribution in [0.2, 0.25) is 0 Å². The molecule has 0 aromatic heterocycles. The molecule has 3 atom stereocenters. The molecule has 2 N–H and O–H groups in total. The molecule has 0 spiro atoms. The fourth-order valence-corrected chi connectivity index (χ4v) is 6.04. The Labute approximate surface area is 295 Å². The maximum atomic E-state index is 16.0. The van der Waals surface area contributed by atoms with Gasteiger partial charge in [0.2, 0.25) is 6.23 Å². The molecule has 1 unspecified atom stereocenters. The van der Waals surface area contributed by atoms with Crippen LogP contribution in [0.1, 0.15) is 68.9 Å². The number of benzene rings is 3. The number of nitrogens with zero attached hydrogens (tertiary/aromatic N) is 1. The molecule has 51 heavy (non-hydrogen) atoms. The number of carbonyl (C=O) groups excluding carboxylic acids is 3. The van der Waals surface area contributed by atoms with E-state index >= 15 is 4.39 Å². The van der Waals surface area contributed by atoms with E-state index in [4.69, 9.17) is 28.4 Å². The number of carbonyl (C=O) groups is 4.